The fraction of sp³-hybridized carbons (Fsp3) is 1.00. The number of aliphatic hydroxyl groups excluding tert-OH is 1. The van der Waals surface area contributed by atoms with Crippen LogP contribution in [-0.4, -0.2) is 48.3 Å². The van der Waals surface area contributed by atoms with Gasteiger partial charge in [-0.3, -0.25) is 0 Å². The minimum absolute atomic E-state index is 0.348. The van der Waals surface area contributed by atoms with Gasteiger partial charge in [0.05, 0.1) is 0 Å². The molecule has 1 heterocycles. The molecule has 0 amide bonds. The lowest BCUT2D eigenvalue weighted by molar-refractivity contribution is 0.120. The van der Waals surface area contributed by atoms with E-state index in [1.165, 1.54) is 45.3 Å². The molecule has 1 saturated carbocycles. The monoisotopic (exact) mass is 226 g/mol. The molecule has 2 rings (SSSR count). The highest BCUT2D eigenvalue weighted by Crippen LogP contribution is 2.25. The second kappa shape index (κ2) is 5.99. The van der Waals surface area contributed by atoms with Crippen LogP contribution < -0.4 is 5.32 Å². The van der Waals surface area contributed by atoms with Gasteiger partial charge in [-0.05, 0) is 44.6 Å². The van der Waals surface area contributed by atoms with Gasteiger partial charge in [-0.15, -0.1) is 0 Å². The van der Waals surface area contributed by atoms with Crippen molar-refractivity contribution in [3.63, 3.8) is 0 Å². The van der Waals surface area contributed by atoms with Gasteiger partial charge in [0.15, 0.2) is 0 Å². The van der Waals surface area contributed by atoms with E-state index < -0.39 is 0 Å². The van der Waals surface area contributed by atoms with E-state index in [1.54, 1.807) is 0 Å². The first-order valence-corrected chi connectivity index (χ1v) is 6.91. The second-order valence-corrected chi connectivity index (χ2v) is 5.51. The van der Waals surface area contributed by atoms with E-state index in [0.717, 1.165) is 12.5 Å². The van der Waals surface area contributed by atoms with E-state index >= 15 is 0 Å². The van der Waals surface area contributed by atoms with E-state index in [2.05, 4.69) is 17.1 Å². The third-order valence-corrected chi connectivity index (χ3v) is 3.74. The summed E-state index contributed by atoms with van der Waals surface area (Å²) in [6.45, 7) is 6.22. The molecule has 2 aliphatic rings. The van der Waals surface area contributed by atoms with Crippen LogP contribution in [0.4, 0.5) is 0 Å². The number of hydrogen-bond donors (Lipinski definition) is 2. The number of hydrogen-bond acceptors (Lipinski definition) is 3. The van der Waals surface area contributed by atoms with E-state index in [9.17, 15) is 0 Å². The average molecular weight is 226 g/mol. The molecule has 0 spiro atoms. The molecule has 2 fully saturated rings. The van der Waals surface area contributed by atoms with Crippen molar-refractivity contribution in [1.29, 1.82) is 0 Å². The molecule has 0 radical (unpaired) electrons. The topological polar surface area (TPSA) is 35.5 Å². The molecule has 16 heavy (non-hydrogen) atoms. The third-order valence-electron chi connectivity index (χ3n) is 3.74. The van der Waals surface area contributed by atoms with Gasteiger partial charge in [-0.25, -0.2) is 0 Å². The summed E-state index contributed by atoms with van der Waals surface area (Å²) in [6.07, 6.45) is 6.21. The maximum absolute atomic E-state index is 9.08. The summed E-state index contributed by atoms with van der Waals surface area (Å²) in [5, 5.41) is 12.8. The van der Waals surface area contributed by atoms with Crippen molar-refractivity contribution in [1.82, 2.24) is 10.2 Å². The molecular weight excluding hydrogens is 200 g/mol. The van der Waals surface area contributed by atoms with Gasteiger partial charge in [0, 0.05) is 31.8 Å². The Hall–Kier alpha value is -0.120. The SMILES string of the molecule is CCCN1CC(CCO)CC(NC2CC2)C1. The third kappa shape index (κ3) is 3.72. The Kier molecular flexibility index (Phi) is 4.62. The zero-order chi connectivity index (χ0) is 11.4. The average Bonchev–Trinajstić information content (AvgIpc) is 3.02. The van der Waals surface area contributed by atoms with E-state index in [4.69, 9.17) is 5.11 Å². The zero-order valence-electron chi connectivity index (χ0n) is 10.5. The number of piperidine rings is 1. The van der Waals surface area contributed by atoms with E-state index in [0.29, 0.717) is 18.6 Å². The van der Waals surface area contributed by atoms with E-state index in [-0.39, 0.29) is 0 Å². The van der Waals surface area contributed by atoms with Crippen LogP contribution >= 0.6 is 0 Å². The van der Waals surface area contributed by atoms with Gasteiger partial charge in [-0.2, -0.15) is 0 Å². The minimum atomic E-state index is 0.348. The molecule has 1 aliphatic carbocycles. The van der Waals surface area contributed by atoms with Gasteiger partial charge < -0.3 is 15.3 Å². The van der Waals surface area contributed by atoms with Crippen LogP contribution in [0.1, 0.15) is 39.0 Å². The van der Waals surface area contributed by atoms with E-state index in [1.807, 2.05) is 0 Å². The molecule has 2 atom stereocenters. The minimum Gasteiger partial charge on any atom is -0.396 e. The Labute approximate surface area is 99.2 Å². The number of rotatable bonds is 6. The molecule has 1 saturated heterocycles. The highest BCUT2D eigenvalue weighted by atomic mass is 16.3. The first-order chi connectivity index (χ1) is 7.81. The Morgan fingerprint density at radius 3 is 2.69 bits per heavy atom. The molecule has 0 aromatic rings. The van der Waals surface area contributed by atoms with Gasteiger partial charge in [-0.1, -0.05) is 6.92 Å². The summed E-state index contributed by atoms with van der Waals surface area (Å²) in [5.74, 6) is 0.696. The number of nitrogens with zero attached hydrogens (tertiary/aromatic N) is 1. The molecule has 94 valence electrons. The predicted molar refractivity (Wildman–Crippen MR) is 66.5 cm³/mol. The Morgan fingerprint density at radius 1 is 1.25 bits per heavy atom. The Balaban J connectivity index is 1.81. The van der Waals surface area contributed by atoms with Crippen molar-refractivity contribution >= 4 is 0 Å². The molecule has 1 aliphatic heterocycles. The molecule has 2 N–H and O–H groups in total. The summed E-state index contributed by atoms with van der Waals surface area (Å²) in [4.78, 5) is 2.57. The smallest absolute Gasteiger partial charge is 0.0434 e. The highest BCUT2D eigenvalue weighted by Gasteiger charge is 2.30. The normalized spacial score (nSPS) is 31.9. The van der Waals surface area contributed by atoms with Crippen LogP contribution in [-0.2, 0) is 0 Å². The summed E-state index contributed by atoms with van der Waals surface area (Å²) >= 11 is 0. The van der Waals surface area contributed by atoms with Crippen LogP contribution in [0.25, 0.3) is 0 Å². The quantitative estimate of drug-likeness (QED) is 0.715. The number of aliphatic hydroxyl groups is 1. The van der Waals surface area contributed by atoms with Crippen LogP contribution in [0.3, 0.4) is 0 Å². The fourth-order valence-corrected chi connectivity index (χ4v) is 2.90. The van der Waals surface area contributed by atoms with Crippen molar-refractivity contribution in [2.24, 2.45) is 5.92 Å². The number of nitrogens with one attached hydrogen (secondary N) is 1. The molecule has 3 nitrogen and oxygen atoms in total. The van der Waals surface area contributed by atoms with Crippen LogP contribution in [0.15, 0.2) is 0 Å². The summed E-state index contributed by atoms with van der Waals surface area (Å²) in [6, 6.07) is 1.48. The first-order valence-electron chi connectivity index (χ1n) is 6.91. The summed E-state index contributed by atoms with van der Waals surface area (Å²) < 4.78 is 0. The van der Waals surface area contributed by atoms with Crippen molar-refractivity contribution in [2.75, 3.05) is 26.2 Å². The standard InChI is InChI=1S/C13H26N2O/c1-2-6-15-9-11(5-7-16)8-13(10-15)14-12-3-4-12/h11-14,16H,2-10H2,1H3. The molecule has 0 aromatic carbocycles. The lowest BCUT2D eigenvalue weighted by atomic mass is 9.91. The largest absolute Gasteiger partial charge is 0.396 e. The van der Waals surface area contributed by atoms with Gasteiger partial charge >= 0.3 is 0 Å². The molecule has 2 unspecified atom stereocenters. The van der Waals surface area contributed by atoms with Gasteiger partial charge in [0.1, 0.15) is 0 Å². The summed E-state index contributed by atoms with van der Waals surface area (Å²) in [7, 11) is 0. The van der Waals surface area contributed by atoms with Crippen LogP contribution in [0.2, 0.25) is 0 Å². The van der Waals surface area contributed by atoms with Crippen LogP contribution in [0.5, 0.6) is 0 Å². The van der Waals surface area contributed by atoms with Crippen LogP contribution in [0, 0.1) is 5.92 Å². The molecular formula is C13H26N2O. The molecule has 0 bridgehead atoms. The molecule has 0 aromatic heterocycles. The molecule has 3 heteroatoms. The highest BCUT2D eigenvalue weighted by molar-refractivity contribution is 4.90. The Morgan fingerprint density at radius 2 is 2.06 bits per heavy atom. The van der Waals surface area contributed by atoms with Crippen molar-refractivity contribution in [3.05, 3.63) is 0 Å². The lowest BCUT2D eigenvalue weighted by Crippen LogP contribution is -2.50. The van der Waals surface area contributed by atoms with Crippen molar-refractivity contribution in [3.8, 4) is 0 Å². The number of likely N-dealkylation sites (tertiary alicyclic amines) is 1. The zero-order valence-corrected chi connectivity index (χ0v) is 10.5. The first kappa shape index (κ1) is 12.3. The second-order valence-electron chi connectivity index (χ2n) is 5.51. The maximum Gasteiger partial charge on any atom is 0.0434 e. The predicted octanol–water partition coefficient (Wildman–Crippen LogP) is 1.22. The fourth-order valence-electron chi connectivity index (χ4n) is 2.90. The van der Waals surface area contributed by atoms with Gasteiger partial charge in [0.2, 0.25) is 0 Å². The van der Waals surface area contributed by atoms with Crippen molar-refractivity contribution < 1.29 is 5.11 Å². The van der Waals surface area contributed by atoms with Crippen molar-refractivity contribution in [2.45, 2.75) is 51.1 Å². The summed E-state index contributed by atoms with van der Waals surface area (Å²) in [5.41, 5.74) is 0. The maximum atomic E-state index is 9.08. The lowest BCUT2D eigenvalue weighted by Gasteiger charge is -2.38. The Bertz CT molecular complexity index is 192. The van der Waals surface area contributed by atoms with Gasteiger partial charge in [0.25, 0.3) is 0 Å².